The molecule has 0 unspecified atom stereocenters. The first kappa shape index (κ1) is 14.3. The highest BCUT2D eigenvalue weighted by Crippen LogP contribution is 2.50. The lowest BCUT2D eigenvalue weighted by Gasteiger charge is -2.26. The van der Waals surface area contributed by atoms with Crippen LogP contribution in [0.1, 0.15) is 68.9 Å². The highest BCUT2D eigenvalue weighted by molar-refractivity contribution is 5.91. The summed E-state index contributed by atoms with van der Waals surface area (Å²) < 4.78 is 0. The summed E-state index contributed by atoms with van der Waals surface area (Å²) in [6.07, 6.45) is 10.2. The van der Waals surface area contributed by atoms with Gasteiger partial charge in [-0.05, 0) is 49.7 Å². The third-order valence-electron chi connectivity index (χ3n) is 5.90. The number of rotatable bonds is 4. The van der Waals surface area contributed by atoms with Crippen LogP contribution in [-0.2, 0) is 15.7 Å². The fourth-order valence-electron chi connectivity index (χ4n) is 3.89. The van der Waals surface area contributed by atoms with Gasteiger partial charge in [-0.25, -0.2) is 0 Å². The number of hydrogen-bond donors (Lipinski definition) is 2. The first-order valence-corrected chi connectivity index (χ1v) is 8.83. The van der Waals surface area contributed by atoms with E-state index in [1.54, 1.807) is 0 Å². The molecule has 3 saturated carbocycles. The Morgan fingerprint density at radius 1 is 1.05 bits per heavy atom. The molecule has 4 rings (SSSR count). The topological polar surface area (TPSA) is 55.1 Å². The molecule has 3 nitrogen and oxygen atoms in total. The fourth-order valence-corrected chi connectivity index (χ4v) is 3.89. The van der Waals surface area contributed by atoms with E-state index in [0.29, 0.717) is 6.04 Å². The molecule has 0 aromatic heterocycles. The van der Waals surface area contributed by atoms with Crippen molar-refractivity contribution in [1.82, 2.24) is 5.32 Å². The van der Waals surface area contributed by atoms with Crippen molar-refractivity contribution in [2.45, 2.75) is 74.8 Å². The second kappa shape index (κ2) is 5.09. The van der Waals surface area contributed by atoms with E-state index in [-0.39, 0.29) is 16.9 Å². The standard InChI is InChI=1S/C19H26N2O/c20-19(11-12-19)15-6-4-5-14(13-15)18(9-10-18)17(22)21-16-7-2-1-3-8-16/h4-6,13,16H,1-3,7-12,20H2,(H,21,22). The van der Waals surface area contributed by atoms with Crippen LogP contribution in [-0.4, -0.2) is 11.9 Å². The van der Waals surface area contributed by atoms with Crippen LogP contribution in [0.5, 0.6) is 0 Å². The van der Waals surface area contributed by atoms with Gasteiger partial charge in [-0.2, -0.15) is 0 Å². The lowest BCUT2D eigenvalue weighted by Crippen LogP contribution is -2.42. The second-order valence-electron chi connectivity index (χ2n) is 7.63. The molecule has 3 N–H and O–H groups in total. The van der Waals surface area contributed by atoms with Gasteiger partial charge < -0.3 is 11.1 Å². The summed E-state index contributed by atoms with van der Waals surface area (Å²) >= 11 is 0. The lowest BCUT2D eigenvalue weighted by molar-refractivity contribution is -0.124. The monoisotopic (exact) mass is 298 g/mol. The van der Waals surface area contributed by atoms with Crippen LogP contribution in [0, 0.1) is 0 Å². The maximum absolute atomic E-state index is 12.8. The van der Waals surface area contributed by atoms with Crippen molar-refractivity contribution in [3.05, 3.63) is 35.4 Å². The molecule has 22 heavy (non-hydrogen) atoms. The Labute approximate surface area is 132 Å². The molecule has 1 aromatic rings. The van der Waals surface area contributed by atoms with Gasteiger partial charge in [0.1, 0.15) is 0 Å². The smallest absolute Gasteiger partial charge is 0.230 e. The van der Waals surface area contributed by atoms with Crippen molar-refractivity contribution >= 4 is 5.91 Å². The molecule has 0 aliphatic heterocycles. The molecule has 118 valence electrons. The molecular formula is C19H26N2O. The maximum atomic E-state index is 12.8. The van der Waals surface area contributed by atoms with Gasteiger partial charge in [-0.1, -0.05) is 43.5 Å². The molecule has 3 aliphatic rings. The van der Waals surface area contributed by atoms with Crippen LogP contribution < -0.4 is 11.1 Å². The normalized spacial score (nSPS) is 25.5. The summed E-state index contributed by atoms with van der Waals surface area (Å²) in [4.78, 5) is 12.8. The Kier molecular flexibility index (Phi) is 3.30. The quantitative estimate of drug-likeness (QED) is 0.897. The summed E-state index contributed by atoms with van der Waals surface area (Å²) in [5.74, 6) is 0.249. The molecule has 1 aromatic carbocycles. The molecule has 3 aliphatic carbocycles. The summed E-state index contributed by atoms with van der Waals surface area (Å²) in [5.41, 5.74) is 8.33. The van der Waals surface area contributed by atoms with Crippen LogP contribution in [0.15, 0.2) is 24.3 Å². The molecule has 3 heteroatoms. The predicted molar refractivity (Wildman–Crippen MR) is 87.5 cm³/mol. The van der Waals surface area contributed by atoms with Gasteiger partial charge in [-0.3, -0.25) is 4.79 Å². The predicted octanol–water partition coefficient (Wildman–Crippen LogP) is 3.11. The first-order chi connectivity index (χ1) is 10.6. The van der Waals surface area contributed by atoms with Crippen LogP contribution in [0.3, 0.4) is 0 Å². The molecule has 1 amide bonds. The minimum Gasteiger partial charge on any atom is -0.353 e. The number of nitrogens with two attached hydrogens (primary N) is 1. The number of hydrogen-bond acceptors (Lipinski definition) is 2. The van der Waals surface area contributed by atoms with Gasteiger partial charge in [0.2, 0.25) is 5.91 Å². The van der Waals surface area contributed by atoms with Gasteiger partial charge in [0.05, 0.1) is 5.41 Å². The number of amides is 1. The second-order valence-corrected chi connectivity index (χ2v) is 7.63. The van der Waals surface area contributed by atoms with Gasteiger partial charge in [0.25, 0.3) is 0 Å². The molecule has 0 saturated heterocycles. The van der Waals surface area contributed by atoms with Crippen LogP contribution in [0.25, 0.3) is 0 Å². The van der Waals surface area contributed by atoms with Gasteiger partial charge in [0, 0.05) is 11.6 Å². The molecule has 3 fully saturated rings. The van der Waals surface area contributed by atoms with E-state index >= 15 is 0 Å². The number of benzene rings is 1. The van der Waals surface area contributed by atoms with Crippen molar-refractivity contribution in [3.63, 3.8) is 0 Å². The van der Waals surface area contributed by atoms with E-state index < -0.39 is 0 Å². The molecule has 0 spiro atoms. The van der Waals surface area contributed by atoms with E-state index in [1.165, 1.54) is 30.4 Å². The highest BCUT2D eigenvalue weighted by atomic mass is 16.2. The van der Waals surface area contributed by atoms with E-state index in [2.05, 4.69) is 29.6 Å². The Morgan fingerprint density at radius 2 is 1.73 bits per heavy atom. The Balaban J connectivity index is 1.52. The first-order valence-electron chi connectivity index (χ1n) is 8.83. The van der Waals surface area contributed by atoms with Crippen LogP contribution in [0.2, 0.25) is 0 Å². The Bertz CT molecular complexity index is 581. The average molecular weight is 298 g/mol. The van der Waals surface area contributed by atoms with Crippen molar-refractivity contribution in [2.75, 3.05) is 0 Å². The van der Waals surface area contributed by atoms with Crippen molar-refractivity contribution in [3.8, 4) is 0 Å². The Morgan fingerprint density at radius 3 is 2.36 bits per heavy atom. The largest absolute Gasteiger partial charge is 0.353 e. The average Bonchev–Trinajstić information content (AvgIpc) is 3.45. The summed E-state index contributed by atoms with van der Waals surface area (Å²) in [6.45, 7) is 0. The van der Waals surface area contributed by atoms with Gasteiger partial charge in [0.15, 0.2) is 0 Å². The lowest BCUT2D eigenvalue weighted by atomic mass is 9.90. The highest BCUT2D eigenvalue weighted by Gasteiger charge is 2.52. The summed E-state index contributed by atoms with van der Waals surface area (Å²) in [6, 6.07) is 8.89. The zero-order chi connectivity index (χ0) is 15.2. The van der Waals surface area contributed by atoms with Crippen molar-refractivity contribution < 1.29 is 4.79 Å². The third-order valence-corrected chi connectivity index (χ3v) is 5.90. The Hall–Kier alpha value is -1.35. The van der Waals surface area contributed by atoms with Crippen LogP contribution >= 0.6 is 0 Å². The fraction of sp³-hybridized carbons (Fsp3) is 0.632. The minimum atomic E-state index is -0.265. The van der Waals surface area contributed by atoms with E-state index in [0.717, 1.165) is 38.5 Å². The third kappa shape index (κ3) is 2.45. The molecular weight excluding hydrogens is 272 g/mol. The molecule has 0 radical (unpaired) electrons. The van der Waals surface area contributed by atoms with E-state index in [1.807, 2.05) is 0 Å². The van der Waals surface area contributed by atoms with Gasteiger partial charge >= 0.3 is 0 Å². The number of nitrogens with one attached hydrogen (secondary N) is 1. The molecule has 0 atom stereocenters. The van der Waals surface area contributed by atoms with E-state index in [9.17, 15) is 4.79 Å². The maximum Gasteiger partial charge on any atom is 0.230 e. The minimum absolute atomic E-state index is 0.119. The number of carbonyl (C=O) groups is 1. The summed E-state index contributed by atoms with van der Waals surface area (Å²) in [7, 11) is 0. The zero-order valence-electron chi connectivity index (χ0n) is 13.2. The summed E-state index contributed by atoms with van der Waals surface area (Å²) in [5, 5.41) is 3.32. The zero-order valence-corrected chi connectivity index (χ0v) is 13.2. The number of carbonyl (C=O) groups excluding carboxylic acids is 1. The molecule has 0 bridgehead atoms. The SMILES string of the molecule is NC1(c2cccc(C3(C(=O)NC4CCCCC4)CC3)c2)CC1. The van der Waals surface area contributed by atoms with Crippen molar-refractivity contribution in [2.24, 2.45) is 5.73 Å². The van der Waals surface area contributed by atoms with Crippen LogP contribution in [0.4, 0.5) is 0 Å². The van der Waals surface area contributed by atoms with E-state index in [4.69, 9.17) is 5.73 Å². The van der Waals surface area contributed by atoms with Gasteiger partial charge in [-0.15, -0.1) is 0 Å². The van der Waals surface area contributed by atoms with Crippen molar-refractivity contribution in [1.29, 1.82) is 0 Å². The molecule has 0 heterocycles.